The summed E-state index contributed by atoms with van der Waals surface area (Å²) in [6.07, 6.45) is 1.62. The Kier molecular flexibility index (Phi) is 2.57. The standard InChI is InChI=1S/C15H10N4S/c1-2-4-11(5-3-1)12-6-8-13(9-7-12)14-18-19-10-16-17-15(19)20-14/h1-10H. The van der Waals surface area contributed by atoms with E-state index in [2.05, 4.69) is 51.7 Å². The minimum absolute atomic E-state index is 0.812. The van der Waals surface area contributed by atoms with Crippen molar-refractivity contribution in [3.05, 3.63) is 60.9 Å². The summed E-state index contributed by atoms with van der Waals surface area (Å²) in [5, 5.41) is 13.2. The van der Waals surface area contributed by atoms with E-state index in [1.165, 1.54) is 22.5 Å². The van der Waals surface area contributed by atoms with Gasteiger partial charge in [-0.05, 0) is 11.1 Å². The van der Waals surface area contributed by atoms with Gasteiger partial charge in [0.1, 0.15) is 11.3 Å². The molecule has 0 fully saturated rings. The molecular formula is C15H10N4S. The number of hydrogen-bond donors (Lipinski definition) is 0. The summed E-state index contributed by atoms with van der Waals surface area (Å²) in [6.45, 7) is 0. The average molecular weight is 278 g/mol. The van der Waals surface area contributed by atoms with Crippen LogP contribution in [-0.4, -0.2) is 19.8 Å². The third-order valence-corrected chi connectivity index (χ3v) is 4.09. The molecule has 2 aromatic heterocycles. The lowest BCUT2D eigenvalue weighted by atomic mass is 10.0. The van der Waals surface area contributed by atoms with Gasteiger partial charge in [-0.15, -0.1) is 10.2 Å². The number of hydrogen-bond acceptors (Lipinski definition) is 4. The Hall–Kier alpha value is -2.53. The molecule has 0 atom stereocenters. The van der Waals surface area contributed by atoms with Crippen LogP contribution in [0.15, 0.2) is 60.9 Å². The molecule has 0 saturated heterocycles. The first-order valence-corrected chi connectivity index (χ1v) is 7.04. The topological polar surface area (TPSA) is 43.1 Å². The summed E-state index contributed by atoms with van der Waals surface area (Å²) in [5.74, 6) is 0. The Labute approximate surface area is 119 Å². The highest BCUT2D eigenvalue weighted by molar-refractivity contribution is 7.19. The number of benzene rings is 2. The molecule has 4 rings (SSSR count). The zero-order valence-electron chi connectivity index (χ0n) is 10.5. The third-order valence-electron chi connectivity index (χ3n) is 3.13. The molecule has 0 amide bonds. The van der Waals surface area contributed by atoms with Crippen molar-refractivity contribution in [2.75, 3.05) is 0 Å². The van der Waals surface area contributed by atoms with Gasteiger partial charge < -0.3 is 0 Å². The first-order valence-electron chi connectivity index (χ1n) is 6.23. The largest absolute Gasteiger partial charge is 0.234 e. The smallest absolute Gasteiger partial charge is 0.190 e. The first-order chi connectivity index (χ1) is 9.90. The van der Waals surface area contributed by atoms with Gasteiger partial charge in [-0.25, -0.2) is 0 Å². The van der Waals surface area contributed by atoms with Gasteiger partial charge in [-0.2, -0.15) is 9.61 Å². The van der Waals surface area contributed by atoms with Gasteiger partial charge in [0.15, 0.2) is 0 Å². The number of rotatable bonds is 2. The van der Waals surface area contributed by atoms with Gasteiger partial charge in [0, 0.05) is 5.56 Å². The molecule has 0 unspecified atom stereocenters. The number of nitrogens with zero attached hydrogens (tertiary/aromatic N) is 4. The summed E-state index contributed by atoms with van der Waals surface area (Å²) in [5.41, 5.74) is 3.52. The molecule has 0 aliphatic rings. The predicted octanol–water partition coefficient (Wildman–Crippen LogP) is 3.52. The van der Waals surface area contributed by atoms with Crippen molar-refractivity contribution >= 4 is 16.3 Å². The Morgan fingerprint density at radius 3 is 2.25 bits per heavy atom. The number of fused-ring (bicyclic) bond motifs is 1. The summed E-state index contributed by atoms with van der Waals surface area (Å²) in [4.78, 5) is 0.812. The molecular weight excluding hydrogens is 268 g/mol. The molecule has 20 heavy (non-hydrogen) atoms. The fourth-order valence-electron chi connectivity index (χ4n) is 2.11. The molecule has 0 aliphatic carbocycles. The SMILES string of the molecule is c1ccc(-c2ccc(-c3nn4cnnc4s3)cc2)cc1. The summed E-state index contributed by atoms with van der Waals surface area (Å²) < 4.78 is 1.70. The Bertz CT molecular complexity index is 818. The molecule has 0 aliphatic heterocycles. The highest BCUT2D eigenvalue weighted by Gasteiger charge is 2.07. The molecule has 0 N–H and O–H groups in total. The van der Waals surface area contributed by atoms with Crippen LogP contribution >= 0.6 is 11.3 Å². The predicted molar refractivity (Wildman–Crippen MR) is 79.5 cm³/mol. The minimum Gasteiger partial charge on any atom is -0.190 e. The van der Waals surface area contributed by atoms with Crippen LogP contribution in [0.25, 0.3) is 26.7 Å². The second-order valence-electron chi connectivity index (χ2n) is 4.41. The van der Waals surface area contributed by atoms with Crippen LogP contribution in [0.1, 0.15) is 0 Å². The van der Waals surface area contributed by atoms with Gasteiger partial charge in [0.2, 0.25) is 4.96 Å². The van der Waals surface area contributed by atoms with Crippen LogP contribution in [0.2, 0.25) is 0 Å². The Morgan fingerprint density at radius 2 is 1.50 bits per heavy atom. The zero-order chi connectivity index (χ0) is 13.4. The third kappa shape index (κ3) is 1.88. The summed E-state index contributed by atoms with van der Waals surface area (Å²) in [7, 11) is 0. The summed E-state index contributed by atoms with van der Waals surface area (Å²) >= 11 is 1.54. The van der Waals surface area contributed by atoms with Crippen LogP contribution in [-0.2, 0) is 0 Å². The fourth-order valence-corrected chi connectivity index (χ4v) is 2.94. The Morgan fingerprint density at radius 1 is 0.800 bits per heavy atom. The van der Waals surface area contributed by atoms with Crippen molar-refractivity contribution in [3.63, 3.8) is 0 Å². The maximum atomic E-state index is 4.46. The van der Waals surface area contributed by atoms with Crippen molar-refractivity contribution in [1.82, 2.24) is 19.8 Å². The van der Waals surface area contributed by atoms with E-state index >= 15 is 0 Å². The lowest BCUT2D eigenvalue weighted by Gasteiger charge is -2.02. The van der Waals surface area contributed by atoms with Gasteiger partial charge in [0.25, 0.3) is 0 Å². The molecule has 0 spiro atoms. The molecule has 96 valence electrons. The number of aromatic nitrogens is 4. The van der Waals surface area contributed by atoms with E-state index in [-0.39, 0.29) is 0 Å². The van der Waals surface area contributed by atoms with Crippen LogP contribution in [0.3, 0.4) is 0 Å². The van der Waals surface area contributed by atoms with E-state index in [4.69, 9.17) is 0 Å². The van der Waals surface area contributed by atoms with Crippen LogP contribution in [0, 0.1) is 0 Å². The highest BCUT2D eigenvalue weighted by Crippen LogP contribution is 2.27. The maximum Gasteiger partial charge on any atom is 0.234 e. The van der Waals surface area contributed by atoms with E-state index in [0.717, 1.165) is 15.5 Å². The first kappa shape index (κ1) is 11.3. The Balaban J connectivity index is 1.72. The van der Waals surface area contributed by atoms with Gasteiger partial charge in [-0.3, -0.25) is 0 Å². The second-order valence-corrected chi connectivity index (χ2v) is 5.36. The van der Waals surface area contributed by atoms with E-state index in [1.54, 1.807) is 10.8 Å². The van der Waals surface area contributed by atoms with E-state index < -0.39 is 0 Å². The monoisotopic (exact) mass is 278 g/mol. The van der Waals surface area contributed by atoms with Gasteiger partial charge in [0.05, 0.1) is 0 Å². The van der Waals surface area contributed by atoms with Crippen LogP contribution in [0.4, 0.5) is 0 Å². The molecule has 2 aromatic carbocycles. The molecule has 0 saturated carbocycles. The lowest BCUT2D eigenvalue weighted by Crippen LogP contribution is -1.83. The summed E-state index contributed by atoms with van der Waals surface area (Å²) in [6, 6.07) is 18.8. The van der Waals surface area contributed by atoms with Gasteiger partial charge in [-0.1, -0.05) is 65.9 Å². The van der Waals surface area contributed by atoms with E-state index in [0.29, 0.717) is 0 Å². The van der Waals surface area contributed by atoms with E-state index in [1.807, 2.05) is 18.2 Å². The van der Waals surface area contributed by atoms with E-state index in [9.17, 15) is 0 Å². The van der Waals surface area contributed by atoms with Crippen molar-refractivity contribution in [2.24, 2.45) is 0 Å². The maximum absolute atomic E-state index is 4.46. The minimum atomic E-state index is 0.812. The quantitative estimate of drug-likeness (QED) is 0.563. The van der Waals surface area contributed by atoms with Crippen LogP contribution in [0.5, 0.6) is 0 Å². The average Bonchev–Trinajstić information content (AvgIpc) is 3.10. The molecule has 0 radical (unpaired) electrons. The van der Waals surface area contributed by atoms with Crippen molar-refractivity contribution in [3.8, 4) is 21.7 Å². The second kappa shape index (κ2) is 4.54. The lowest BCUT2D eigenvalue weighted by molar-refractivity contribution is 0.960. The van der Waals surface area contributed by atoms with Crippen molar-refractivity contribution in [1.29, 1.82) is 0 Å². The zero-order valence-corrected chi connectivity index (χ0v) is 11.3. The molecule has 5 heteroatoms. The molecule has 4 aromatic rings. The van der Waals surface area contributed by atoms with Crippen molar-refractivity contribution < 1.29 is 0 Å². The molecule has 2 heterocycles. The van der Waals surface area contributed by atoms with Crippen molar-refractivity contribution in [2.45, 2.75) is 0 Å². The molecule has 4 nitrogen and oxygen atoms in total. The molecule has 0 bridgehead atoms. The normalized spacial score (nSPS) is 11.0. The highest BCUT2D eigenvalue weighted by atomic mass is 32.1. The van der Waals surface area contributed by atoms with Gasteiger partial charge >= 0.3 is 0 Å². The fraction of sp³-hybridized carbons (Fsp3) is 0. The van der Waals surface area contributed by atoms with Crippen LogP contribution < -0.4 is 0 Å².